The largest absolute Gasteiger partial charge is 0.425 e. The molecule has 0 atom stereocenters. The molecule has 2 N–H and O–H groups in total. The second-order valence-corrected chi connectivity index (χ2v) is 3.37. The molecule has 1 aromatic rings. The molecule has 0 heterocycles. The van der Waals surface area contributed by atoms with Crippen molar-refractivity contribution in [3.63, 3.8) is 0 Å². The van der Waals surface area contributed by atoms with Crippen LogP contribution < -0.4 is 10.5 Å². The van der Waals surface area contributed by atoms with Gasteiger partial charge in [0.15, 0.2) is 0 Å². The van der Waals surface area contributed by atoms with Gasteiger partial charge >= 0.3 is 5.97 Å². The number of carbonyl (C=O) groups excluding carboxylic acids is 1. The highest BCUT2D eigenvalue weighted by atomic mass is 79.9. The molecule has 0 bridgehead atoms. The maximum atomic E-state index is 10.9. The molecule has 0 aliphatic heterocycles. The maximum Gasteiger partial charge on any atom is 0.310 e. The van der Waals surface area contributed by atoms with Crippen molar-refractivity contribution in [2.45, 2.75) is 13.3 Å². The molecular formula is C9H10BrNO2. The first-order chi connectivity index (χ1) is 6.13. The summed E-state index contributed by atoms with van der Waals surface area (Å²) in [4.78, 5) is 10.9. The smallest absolute Gasteiger partial charge is 0.310 e. The van der Waals surface area contributed by atoms with E-state index in [0.29, 0.717) is 22.3 Å². The molecule has 70 valence electrons. The lowest BCUT2D eigenvalue weighted by atomic mass is 10.3. The molecule has 0 amide bonds. The van der Waals surface area contributed by atoms with Crippen LogP contribution >= 0.6 is 15.9 Å². The van der Waals surface area contributed by atoms with E-state index in [9.17, 15) is 4.79 Å². The number of hydrogen-bond donors (Lipinski definition) is 1. The molecule has 13 heavy (non-hydrogen) atoms. The molecule has 4 heteroatoms. The van der Waals surface area contributed by atoms with Gasteiger partial charge in [-0.05, 0) is 34.1 Å². The molecule has 0 saturated carbocycles. The lowest BCUT2D eigenvalue weighted by molar-refractivity contribution is -0.134. The molecule has 3 nitrogen and oxygen atoms in total. The summed E-state index contributed by atoms with van der Waals surface area (Å²) >= 11 is 3.25. The quantitative estimate of drug-likeness (QED) is 0.493. The van der Waals surface area contributed by atoms with E-state index in [0.717, 1.165) is 0 Å². The summed E-state index contributed by atoms with van der Waals surface area (Å²) in [6.45, 7) is 1.74. The van der Waals surface area contributed by atoms with Crippen LogP contribution in [0.25, 0.3) is 0 Å². The van der Waals surface area contributed by atoms with Crippen LogP contribution in [0, 0.1) is 0 Å². The van der Waals surface area contributed by atoms with Crippen molar-refractivity contribution in [2.75, 3.05) is 5.73 Å². The highest BCUT2D eigenvalue weighted by Gasteiger charge is 2.05. The van der Waals surface area contributed by atoms with Crippen LogP contribution in [0.5, 0.6) is 5.75 Å². The van der Waals surface area contributed by atoms with Crippen LogP contribution in [0.1, 0.15) is 13.3 Å². The Morgan fingerprint density at radius 1 is 1.62 bits per heavy atom. The molecule has 0 unspecified atom stereocenters. The van der Waals surface area contributed by atoms with Crippen molar-refractivity contribution in [1.29, 1.82) is 0 Å². The molecule has 0 fully saturated rings. The lowest BCUT2D eigenvalue weighted by Crippen LogP contribution is -2.05. The van der Waals surface area contributed by atoms with E-state index in [1.165, 1.54) is 0 Å². The number of carbonyl (C=O) groups is 1. The minimum absolute atomic E-state index is 0.259. The number of nitrogen functional groups attached to an aromatic ring is 1. The summed E-state index contributed by atoms with van der Waals surface area (Å²) in [5.41, 5.74) is 6.15. The molecule has 0 aromatic heterocycles. The maximum absolute atomic E-state index is 10.9. The third-order valence-corrected chi connectivity index (χ3v) is 2.09. The fourth-order valence-corrected chi connectivity index (χ4v) is 1.27. The number of halogens is 1. The fourth-order valence-electron chi connectivity index (χ4n) is 0.795. The van der Waals surface area contributed by atoms with Gasteiger partial charge in [-0.15, -0.1) is 0 Å². The third kappa shape index (κ3) is 2.73. The standard InChI is InChI=1S/C9H10BrNO2/c1-2-9(12)13-8-4-3-6(11)5-7(8)10/h3-5H,2,11H2,1H3. The van der Waals surface area contributed by atoms with Gasteiger partial charge in [-0.3, -0.25) is 4.79 Å². The summed E-state index contributed by atoms with van der Waals surface area (Å²) < 4.78 is 5.70. The number of esters is 1. The number of anilines is 1. The van der Waals surface area contributed by atoms with Crippen molar-refractivity contribution in [3.8, 4) is 5.75 Å². The van der Waals surface area contributed by atoms with Gasteiger partial charge in [0.25, 0.3) is 0 Å². The van der Waals surface area contributed by atoms with Crippen LogP contribution in [-0.4, -0.2) is 5.97 Å². The third-order valence-electron chi connectivity index (χ3n) is 1.47. The Morgan fingerprint density at radius 2 is 2.31 bits per heavy atom. The van der Waals surface area contributed by atoms with E-state index in [4.69, 9.17) is 10.5 Å². The molecule has 0 saturated heterocycles. The molecular weight excluding hydrogens is 234 g/mol. The normalized spacial score (nSPS) is 9.69. The predicted molar refractivity (Wildman–Crippen MR) is 54.5 cm³/mol. The average molecular weight is 244 g/mol. The van der Waals surface area contributed by atoms with Gasteiger partial charge in [-0.2, -0.15) is 0 Å². The van der Waals surface area contributed by atoms with Gasteiger partial charge in [0.05, 0.1) is 4.47 Å². The highest BCUT2D eigenvalue weighted by molar-refractivity contribution is 9.10. The average Bonchev–Trinajstić information content (AvgIpc) is 2.09. The SMILES string of the molecule is CCC(=O)Oc1ccc(N)cc1Br. The van der Waals surface area contributed by atoms with E-state index in [1.807, 2.05) is 0 Å². The van der Waals surface area contributed by atoms with Gasteiger partial charge in [0.1, 0.15) is 5.75 Å². The van der Waals surface area contributed by atoms with Crippen molar-refractivity contribution >= 4 is 27.6 Å². The van der Waals surface area contributed by atoms with Crippen molar-refractivity contribution in [1.82, 2.24) is 0 Å². The van der Waals surface area contributed by atoms with Crippen molar-refractivity contribution < 1.29 is 9.53 Å². The Kier molecular flexibility index (Phi) is 3.31. The first-order valence-electron chi connectivity index (χ1n) is 3.89. The zero-order valence-corrected chi connectivity index (χ0v) is 8.80. The molecule has 0 aliphatic rings. The Hall–Kier alpha value is -1.03. The summed E-state index contributed by atoms with van der Waals surface area (Å²) in [5, 5.41) is 0. The second-order valence-electron chi connectivity index (χ2n) is 2.52. The fraction of sp³-hybridized carbons (Fsp3) is 0.222. The highest BCUT2D eigenvalue weighted by Crippen LogP contribution is 2.27. The van der Waals surface area contributed by atoms with E-state index >= 15 is 0 Å². The zero-order chi connectivity index (χ0) is 9.84. The summed E-state index contributed by atoms with van der Waals surface area (Å²) in [5.74, 6) is 0.242. The molecule has 1 rings (SSSR count). The number of ether oxygens (including phenoxy) is 1. The van der Waals surface area contributed by atoms with Crippen LogP contribution in [0.4, 0.5) is 5.69 Å². The van der Waals surface area contributed by atoms with E-state index in [-0.39, 0.29) is 5.97 Å². The number of benzene rings is 1. The van der Waals surface area contributed by atoms with Gasteiger partial charge in [-0.25, -0.2) is 0 Å². The summed E-state index contributed by atoms with van der Waals surface area (Å²) in [7, 11) is 0. The number of hydrogen-bond acceptors (Lipinski definition) is 3. The first-order valence-corrected chi connectivity index (χ1v) is 4.68. The predicted octanol–water partition coefficient (Wildman–Crippen LogP) is 2.35. The van der Waals surface area contributed by atoms with Gasteiger partial charge in [0, 0.05) is 12.1 Å². The van der Waals surface area contributed by atoms with Crippen LogP contribution in [0.3, 0.4) is 0 Å². The van der Waals surface area contributed by atoms with E-state index < -0.39 is 0 Å². The minimum Gasteiger partial charge on any atom is -0.425 e. The monoisotopic (exact) mass is 243 g/mol. The molecule has 0 spiro atoms. The van der Waals surface area contributed by atoms with E-state index in [2.05, 4.69) is 15.9 Å². The molecule has 0 radical (unpaired) electrons. The van der Waals surface area contributed by atoms with Crippen LogP contribution in [-0.2, 0) is 4.79 Å². The Morgan fingerprint density at radius 3 is 2.85 bits per heavy atom. The van der Waals surface area contributed by atoms with Gasteiger partial charge in [0.2, 0.25) is 0 Å². The van der Waals surface area contributed by atoms with Crippen molar-refractivity contribution in [2.24, 2.45) is 0 Å². The van der Waals surface area contributed by atoms with Crippen LogP contribution in [0.2, 0.25) is 0 Å². The minimum atomic E-state index is -0.259. The van der Waals surface area contributed by atoms with Crippen LogP contribution in [0.15, 0.2) is 22.7 Å². The molecule has 1 aromatic carbocycles. The number of nitrogens with two attached hydrogens (primary N) is 1. The number of rotatable bonds is 2. The van der Waals surface area contributed by atoms with E-state index in [1.54, 1.807) is 25.1 Å². The first kappa shape index (κ1) is 10.1. The summed E-state index contributed by atoms with van der Waals surface area (Å²) in [6.07, 6.45) is 0.358. The van der Waals surface area contributed by atoms with Gasteiger partial charge in [-0.1, -0.05) is 6.92 Å². The molecule has 0 aliphatic carbocycles. The van der Waals surface area contributed by atoms with Crippen molar-refractivity contribution in [3.05, 3.63) is 22.7 Å². The Bertz CT molecular complexity index is 325. The topological polar surface area (TPSA) is 52.3 Å². The summed E-state index contributed by atoms with van der Waals surface area (Å²) in [6, 6.07) is 5.04. The van der Waals surface area contributed by atoms with Gasteiger partial charge < -0.3 is 10.5 Å². The second kappa shape index (κ2) is 4.28. The Balaban J connectivity index is 2.83. The zero-order valence-electron chi connectivity index (χ0n) is 7.21. The lowest BCUT2D eigenvalue weighted by Gasteiger charge is -2.05. The Labute approximate surface area is 85.0 Å².